The van der Waals surface area contributed by atoms with Gasteiger partial charge in [0, 0.05) is 19.6 Å². The Balaban J connectivity index is 2.68. The molecule has 0 fully saturated rings. The predicted molar refractivity (Wildman–Crippen MR) is 64.9 cm³/mol. The lowest BCUT2D eigenvalue weighted by Gasteiger charge is -2.11. The lowest BCUT2D eigenvalue weighted by atomic mass is 10.2. The molecule has 1 aromatic rings. The van der Waals surface area contributed by atoms with E-state index in [9.17, 15) is 0 Å². The number of hydrogen-bond donors (Lipinski definition) is 2. The van der Waals surface area contributed by atoms with E-state index in [-0.39, 0.29) is 0 Å². The summed E-state index contributed by atoms with van der Waals surface area (Å²) in [5, 5.41) is 3.24. The van der Waals surface area contributed by atoms with Crippen LogP contribution in [0.15, 0.2) is 18.2 Å². The molecule has 0 atom stereocenters. The number of nitrogens with one attached hydrogen (secondary N) is 1. The fraction of sp³-hybridized carbons (Fsp3) is 0.500. The van der Waals surface area contributed by atoms with Crippen LogP contribution in [0.4, 0.5) is 0 Å². The summed E-state index contributed by atoms with van der Waals surface area (Å²) in [5.41, 5.74) is 6.57. The maximum absolute atomic E-state index is 5.50. The number of hydrogen-bond acceptors (Lipinski definition) is 4. The minimum atomic E-state index is 0.635. The number of ether oxygens (including phenoxy) is 2. The Hall–Kier alpha value is -1.26. The van der Waals surface area contributed by atoms with Gasteiger partial charge in [-0.2, -0.15) is 0 Å². The molecule has 0 heterocycles. The van der Waals surface area contributed by atoms with Crippen molar-refractivity contribution in [3.05, 3.63) is 23.8 Å². The average Bonchev–Trinajstić information content (AvgIpc) is 2.30. The fourth-order valence-electron chi connectivity index (χ4n) is 1.43. The van der Waals surface area contributed by atoms with E-state index in [1.54, 1.807) is 7.11 Å². The predicted octanol–water partition coefficient (Wildman–Crippen LogP) is 1.14. The number of methoxy groups -OCH3 is 1. The lowest BCUT2D eigenvalue weighted by molar-refractivity contribution is 0.310. The standard InChI is InChI=1S/C12H20N2O2/c1-3-16-12-8-10(9-14-7-6-13)4-5-11(12)15-2/h4-5,8,14H,3,6-7,9,13H2,1-2H3. The summed E-state index contributed by atoms with van der Waals surface area (Å²) >= 11 is 0. The minimum absolute atomic E-state index is 0.635. The molecule has 0 aliphatic carbocycles. The first-order valence-electron chi connectivity index (χ1n) is 5.52. The molecule has 0 unspecified atom stereocenters. The summed E-state index contributed by atoms with van der Waals surface area (Å²) < 4.78 is 10.7. The van der Waals surface area contributed by atoms with Crippen LogP contribution in [-0.2, 0) is 6.54 Å². The highest BCUT2D eigenvalue weighted by molar-refractivity contribution is 5.42. The molecular formula is C12H20N2O2. The van der Waals surface area contributed by atoms with Gasteiger partial charge < -0.3 is 20.5 Å². The zero-order valence-electron chi connectivity index (χ0n) is 9.95. The van der Waals surface area contributed by atoms with Crippen molar-refractivity contribution in [2.75, 3.05) is 26.8 Å². The van der Waals surface area contributed by atoms with Crippen LogP contribution in [0.1, 0.15) is 12.5 Å². The molecule has 0 saturated heterocycles. The van der Waals surface area contributed by atoms with E-state index >= 15 is 0 Å². The van der Waals surface area contributed by atoms with Crippen LogP contribution in [0, 0.1) is 0 Å². The average molecular weight is 224 g/mol. The van der Waals surface area contributed by atoms with E-state index in [1.807, 2.05) is 25.1 Å². The van der Waals surface area contributed by atoms with Crippen LogP contribution in [0.25, 0.3) is 0 Å². The first-order chi connectivity index (χ1) is 7.81. The van der Waals surface area contributed by atoms with E-state index in [0.29, 0.717) is 13.2 Å². The quantitative estimate of drug-likeness (QED) is 0.682. The maximum atomic E-state index is 5.50. The molecule has 0 spiro atoms. The second-order valence-electron chi connectivity index (χ2n) is 3.38. The fourth-order valence-corrected chi connectivity index (χ4v) is 1.43. The molecule has 16 heavy (non-hydrogen) atoms. The van der Waals surface area contributed by atoms with Crippen molar-refractivity contribution in [1.82, 2.24) is 5.32 Å². The van der Waals surface area contributed by atoms with Gasteiger partial charge in [0.25, 0.3) is 0 Å². The zero-order valence-corrected chi connectivity index (χ0v) is 9.95. The number of rotatable bonds is 7. The Bertz CT molecular complexity index is 316. The largest absolute Gasteiger partial charge is 0.493 e. The summed E-state index contributed by atoms with van der Waals surface area (Å²) in [4.78, 5) is 0. The van der Waals surface area contributed by atoms with Gasteiger partial charge in [-0.3, -0.25) is 0 Å². The van der Waals surface area contributed by atoms with Crippen LogP contribution in [-0.4, -0.2) is 26.8 Å². The zero-order chi connectivity index (χ0) is 11.8. The molecule has 0 bridgehead atoms. The van der Waals surface area contributed by atoms with Crippen LogP contribution in [0.2, 0.25) is 0 Å². The first kappa shape index (κ1) is 12.8. The highest BCUT2D eigenvalue weighted by Gasteiger charge is 2.04. The van der Waals surface area contributed by atoms with Crippen LogP contribution < -0.4 is 20.5 Å². The second-order valence-corrected chi connectivity index (χ2v) is 3.38. The maximum Gasteiger partial charge on any atom is 0.161 e. The monoisotopic (exact) mass is 224 g/mol. The molecule has 0 amide bonds. The van der Waals surface area contributed by atoms with E-state index in [2.05, 4.69) is 5.32 Å². The highest BCUT2D eigenvalue weighted by Crippen LogP contribution is 2.27. The second kappa shape index (κ2) is 7.09. The lowest BCUT2D eigenvalue weighted by Crippen LogP contribution is -2.21. The number of benzene rings is 1. The molecule has 90 valence electrons. The van der Waals surface area contributed by atoms with Gasteiger partial charge in [-0.05, 0) is 24.6 Å². The van der Waals surface area contributed by atoms with Crippen LogP contribution in [0.3, 0.4) is 0 Å². The Morgan fingerprint density at radius 1 is 1.31 bits per heavy atom. The van der Waals surface area contributed by atoms with Gasteiger partial charge in [-0.15, -0.1) is 0 Å². The SMILES string of the molecule is CCOc1cc(CNCCN)ccc1OC. The Kier molecular flexibility index (Phi) is 5.67. The molecule has 4 heteroatoms. The molecule has 3 N–H and O–H groups in total. The molecule has 0 aliphatic heterocycles. The Morgan fingerprint density at radius 2 is 2.12 bits per heavy atom. The molecule has 0 radical (unpaired) electrons. The summed E-state index contributed by atoms with van der Waals surface area (Å²) in [6.45, 7) is 4.85. The van der Waals surface area contributed by atoms with Crippen LogP contribution >= 0.6 is 0 Å². The van der Waals surface area contributed by atoms with Gasteiger partial charge in [0.15, 0.2) is 11.5 Å². The third kappa shape index (κ3) is 3.72. The summed E-state index contributed by atoms with van der Waals surface area (Å²) in [6, 6.07) is 5.93. The molecular weight excluding hydrogens is 204 g/mol. The van der Waals surface area contributed by atoms with E-state index < -0.39 is 0 Å². The van der Waals surface area contributed by atoms with Crippen molar-refractivity contribution in [2.45, 2.75) is 13.5 Å². The van der Waals surface area contributed by atoms with Gasteiger partial charge in [0.05, 0.1) is 13.7 Å². The van der Waals surface area contributed by atoms with Gasteiger partial charge in [-0.25, -0.2) is 0 Å². The molecule has 0 saturated carbocycles. The van der Waals surface area contributed by atoms with Crippen molar-refractivity contribution in [2.24, 2.45) is 5.73 Å². The molecule has 1 aromatic carbocycles. The van der Waals surface area contributed by atoms with Gasteiger partial charge in [0.2, 0.25) is 0 Å². The highest BCUT2D eigenvalue weighted by atomic mass is 16.5. The molecule has 1 rings (SSSR count). The van der Waals surface area contributed by atoms with E-state index in [4.69, 9.17) is 15.2 Å². The van der Waals surface area contributed by atoms with Crippen molar-refractivity contribution in [1.29, 1.82) is 0 Å². The molecule has 0 aromatic heterocycles. The van der Waals surface area contributed by atoms with Crippen molar-refractivity contribution in [3.8, 4) is 11.5 Å². The Morgan fingerprint density at radius 3 is 2.75 bits per heavy atom. The van der Waals surface area contributed by atoms with Gasteiger partial charge in [-0.1, -0.05) is 6.07 Å². The topological polar surface area (TPSA) is 56.5 Å². The van der Waals surface area contributed by atoms with Crippen molar-refractivity contribution in [3.63, 3.8) is 0 Å². The summed E-state index contributed by atoms with van der Waals surface area (Å²) in [5.74, 6) is 1.56. The third-order valence-corrected chi connectivity index (χ3v) is 2.18. The van der Waals surface area contributed by atoms with Crippen LogP contribution in [0.5, 0.6) is 11.5 Å². The Labute approximate surface area is 96.7 Å². The molecule has 4 nitrogen and oxygen atoms in total. The smallest absolute Gasteiger partial charge is 0.161 e. The van der Waals surface area contributed by atoms with Crippen molar-refractivity contribution < 1.29 is 9.47 Å². The van der Waals surface area contributed by atoms with E-state index in [0.717, 1.165) is 30.2 Å². The summed E-state index contributed by atoms with van der Waals surface area (Å²) in [6.07, 6.45) is 0. The minimum Gasteiger partial charge on any atom is -0.493 e. The summed E-state index contributed by atoms with van der Waals surface area (Å²) in [7, 11) is 1.64. The van der Waals surface area contributed by atoms with Gasteiger partial charge in [0.1, 0.15) is 0 Å². The first-order valence-corrected chi connectivity index (χ1v) is 5.52. The normalized spacial score (nSPS) is 10.2. The van der Waals surface area contributed by atoms with Crippen molar-refractivity contribution >= 4 is 0 Å². The van der Waals surface area contributed by atoms with Gasteiger partial charge >= 0.3 is 0 Å². The molecule has 0 aliphatic rings. The van der Waals surface area contributed by atoms with E-state index in [1.165, 1.54) is 0 Å². The number of nitrogens with two attached hydrogens (primary N) is 1. The third-order valence-electron chi connectivity index (χ3n) is 2.18.